The molecular weight excluding hydrogens is 398 g/mol. The Bertz CT molecular complexity index is 972. The minimum absolute atomic E-state index is 0.0203. The van der Waals surface area contributed by atoms with Crippen LogP contribution in [0, 0.1) is 0 Å². The summed E-state index contributed by atoms with van der Waals surface area (Å²) < 4.78 is 11.4. The number of aromatic nitrogens is 1. The largest absolute Gasteiger partial charge is 0.378 e. The molecular formula is C22H27N5O4. The standard InChI is InChI=1S/C22H27N5O4/c28-21(26-7-10-30-11-8-26)16-13-19(24-17-4-2-1-3-15(16)17)20-14-27(9-12-31-20)22(29)18-5-6-23-25-18/h1-4,13,18,20,23,25H,5-12,14H2. The van der Waals surface area contributed by atoms with Crippen molar-refractivity contribution in [1.29, 1.82) is 0 Å². The number of hydrogen-bond donors (Lipinski definition) is 2. The number of amides is 2. The first-order chi connectivity index (χ1) is 15.2. The van der Waals surface area contributed by atoms with Gasteiger partial charge >= 0.3 is 0 Å². The van der Waals surface area contributed by atoms with Crippen molar-refractivity contribution in [2.75, 3.05) is 52.5 Å². The Morgan fingerprint density at radius 3 is 2.68 bits per heavy atom. The van der Waals surface area contributed by atoms with Crippen molar-refractivity contribution in [1.82, 2.24) is 25.6 Å². The molecule has 2 N–H and O–H groups in total. The van der Waals surface area contributed by atoms with E-state index < -0.39 is 0 Å². The number of carbonyl (C=O) groups is 2. The predicted molar refractivity (Wildman–Crippen MR) is 113 cm³/mol. The molecule has 1 aromatic carbocycles. The van der Waals surface area contributed by atoms with Crippen LogP contribution in [0.4, 0.5) is 0 Å². The van der Waals surface area contributed by atoms with E-state index >= 15 is 0 Å². The molecule has 2 atom stereocenters. The molecule has 5 rings (SSSR count). The highest BCUT2D eigenvalue weighted by atomic mass is 16.5. The lowest BCUT2D eigenvalue weighted by Gasteiger charge is -2.34. The number of benzene rings is 1. The van der Waals surface area contributed by atoms with Gasteiger partial charge in [-0.2, -0.15) is 0 Å². The summed E-state index contributed by atoms with van der Waals surface area (Å²) in [4.78, 5) is 34.6. The first kappa shape index (κ1) is 20.3. The van der Waals surface area contributed by atoms with Crippen LogP contribution in [0.3, 0.4) is 0 Å². The highest BCUT2D eigenvalue weighted by Gasteiger charge is 2.33. The molecule has 3 fully saturated rings. The molecule has 1 aromatic heterocycles. The van der Waals surface area contributed by atoms with Gasteiger partial charge in [0, 0.05) is 31.6 Å². The van der Waals surface area contributed by atoms with Crippen molar-refractivity contribution in [3.8, 4) is 0 Å². The number of nitrogens with one attached hydrogen (secondary N) is 2. The van der Waals surface area contributed by atoms with Crippen molar-refractivity contribution < 1.29 is 19.1 Å². The van der Waals surface area contributed by atoms with Crippen LogP contribution >= 0.6 is 0 Å². The van der Waals surface area contributed by atoms with E-state index in [0.29, 0.717) is 57.3 Å². The average Bonchev–Trinajstić information content (AvgIpc) is 3.38. The number of ether oxygens (including phenoxy) is 2. The average molecular weight is 425 g/mol. The van der Waals surface area contributed by atoms with Crippen molar-refractivity contribution in [3.63, 3.8) is 0 Å². The lowest BCUT2D eigenvalue weighted by atomic mass is 10.0. The van der Waals surface area contributed by atoms with Crippen LogP contribution in [0.2, 0.25) is 0 Å². The second-order valence-electron chi connectivity index (χ2n) is 8.07. The zero-order valence-corrected chi connectivity index (χ0v) is 17.4. The van der Waals surface area contributed by atoms with Crippen LogP contribution in [0.1, 0.15) is 28.6 Å². The molecule has 2 aromatic rings. The SMILES string of the molecule is O=C(c1cc(C2CN(C(=O)C3CCNN3)CCO2)nc2ccccc12)N1CCOCC1. The van der Waals surface area contributed by atoms with Crippen LogP contribution < -0.4 is 10.9 Å². The minimum Gasteiger partial charge on any atom is -0.378 e. The maximum absolute atomic E-state index is 13.3. The van der Waals surface area contributed by atoms with Gasteiger partial charge in [0.05, 0.1) is 43.1 Å². The second kappa shape index (κ2) is 8.88. The molecule has 4 heterocycles. The van der Waals surface area contributed by atoms with E-state index in [1.165, 1.54) is 0 Å². The fourth-order valence-electron chi connectivity index (χ4n) is 4.39. The summed E-state index contributed by atoms with van der Waals surface area (Å²) in [7, 11) is 0. The lowest BCUT2D eigenvalue weighted by Crippen LogP contribution is -2.50. The van der Waals surface area contributed by atoms with Crippen LogP contribution in [-0.2, 0) is 14.3 Å². The van der Waals surface area contributed by atoms with Gasteiger partial charge in [-0.15, -0.1) is 0 Å². The molecule has 0 bridgehead atoms. The molecule has 3 saturated heterocycles. The number of fused-ring (bicyclic) bond motifs is 1. The predicted octanol–water partition coefficient (Wildman–Crippen LogP) is 0.474. The number of para-hydroxylation sites is 1. The minimum atomic E-state index is -0.368. The summed E-state index contributed by atoms with van der Waals surface area (Å²) in [6.07, 6.45) is 0.403. The van der Waals surface area contributed by atoms with Crippen LogP contribution in [0.15, 0.2) is 30.3 Å². The molecule has 164 valence electrons. The fourth-order valence-corrected chi connectivity index (χ4v) is 4.39. The van der Waals surface area contributed by atoms with E-state index in [-0.39, 0.29) is 24.0 Å². The Kier molecular flexibility index (Phi) is 5.82. The van der Waals surface area contributed by atoms with Gasteiger partial charge in [0.1, 0.15) is 12.1 Å². The first-order valence-corrected chi connectivity index (χ1v) is 10.9. The Balaban J connectivity index is 1.44. The third kappa shape index (κ3) is 4.14. The molecule has 2 unspecified atom stereocenters. The summed E-state index contributed by atoms with van der Waals surface area (Å²) in [5, 5.41) is 0.827. The molecule has 0 spiro atoms. The Morgan fingerprint density at radius 2 is 1.87 bits per heavy atom. The van der Waals surface area contributed by atoms with Crippen molar-refractivity contribution in [2.24, 2.45) is 0 Å². The number of hydrazine groups is 1. The molecule has 3 aliphatic rings. The van der Waals surface area contributed by atoms with E-state index in [9.17, 15) is 9.59 Å². The van der Waals surface area contributed by atoms with Crippen molar-refractivity contribution in [2.45, 2.75) is 18.6 Å². The van der Waals surface area contributed by atoms with E-state index in [0.717, 1.165) is 23.9 Å². The van der Waals surface area contributed by atoms with E-state index in [1.54, 1.807) is 0 Å². The van der Waals surface area contributed by atoms with Gasteiger partial charge in [-0.1, -0.05) is 18.2 Å². The normalized spacial score (nSPS) is 24.5. The lowest BCUT2D eigenvalue weighted by molar-refractivity contribution is -0.141. The third-order valence-corrected chi connectivity index (χ3v) is 6.11. The molecule has 9 nitrogen and oxygen atoms in total. The Labute approximate surface area is 180 Å². The maximum Gasteiger partial charge on any atom is 0.254 e. The van der Waals surface area contributed by atoms with Gasteiger partial charge in [0.15, 0.2) is 0 Å². The second-order valence-corrected chi connectivity index (χ2v) is 8.07. The van der Waals surface area contributed by atoms with Gasteiger partial charge in [0.25, 0.3) is 5.91 Å². The van der Waals surface area contributed by atoms with Crippen molar-refractivity contribution in [3.05, 3.63) is 41.6 Å². The van der Waals surface area contributed by atoms with Crippen LogP contribution in [-0.4, -0.2) is 85.2 Å². The topological polar surface area (TPSA) is 96.0 Å². The summed E-state index contributed by atoms with van der Waals surface area (Å²) in [5.74, 6) is 0.0526. The molecule has 9 heteroatoms. The number of hydrogen-bond acceptors (Lipinski definition) is 7. The highest BCUT2D eigenvalue weighted by Crippen LogP contribution is 2.27. The maximum atomic E-state index is 13.3. The molecule has 31 heavy (non-hydrogen) atoms. The van der Waals surface area contributed by atoms with Crippen LogP contribution in [0.5, 0.6) is 0 Å². The molecule has 3 aliphatic heterocycles. The van der Waals surface area contributed by atoms with E-state index in [4.69, 9.17) is 14.5 Å². The monoisotopic (exact) mass is 425 g/mol. The van der Waals surface area contributed by atoms with Gasteiger partial charge in [-0.3, -0.25) is 15.0 Å². The van der Waals surface area contributed by atoms with Crippen molar-refractivity contribution >= 4 is 22.7 Å². The third-order valence-electron chi connectivity index (χ3n) is 6.11. The molecule has 0 saturated carbocycles. The summed E-state index contributed by atoms with van der Waals surface area (Å²) in [5.41, 5.74) is 8.11. The molecule has 0 aliphatic carbocycles. The van der Waals surface area contributed by atoms with E-state index in [2.05, 4.69) is 10.9 Å². The number of morpholine rings is 2. The number of rotatable bonds is 3. The van der Waals surface area contributed by atoms with Gasteiger partial charge in [-0.05, 0) is 18.6 Å². The summed E-state index contributed by atoms with van der Waals surface area (Å²) >= 11 is 0. The van der Waals surface area contributed by atoms with Gasteiger partial charge < -0.3 is 19.3 Å². The molecule has 0 radical (unpaired) electrons. The fraction of sp³-hybridized carbons (Fsp3) is 0.500. The van der Waals surface area contributed by atoms with Gasteiger partial charge in [-0.25, -0.2) is 10.4 Å². The first-order valence-electron chi connectivity index (χ1n) is 10.9. The highest BCUT2D eigenvalue weighted by molar-refractivity contribution is 6.06. The zero-order valence-electron chi connectivity index (χ0n) is 17.4. The Morgan fingerprint density at radius 1 is 1.06 bits per heavy atom. The van der Waals surface area contributed by atoms with Crippen LogP contribution in [0.25, 0.3) is 10.9 Å². The molecule has 2 amide bonds. The van der Waals surface area contributed by atoms with Gasteiger partial charge in [0.2, 0.25) is 5.91 Å². The summed E-state index contributed by atoms with van der Waals surface area (Å²) in [6.45, 7) is 4.46. The quantitative estimate of drug-likeness (QED) is 0.738. The Hall–Kier alpha value is -2.59. The number of carbonyl (C=O) groups excluding carboxylic acids is 2. The number of nitrogens with zero attached hydrogens (tertiary/aromatic N) is 3. The zero-order chi connectivity index (χ0) is 21.2. The smallest absolute Gasteiger partial charge is 0.254 e. The number of pyridine rings is 1. The van der Waals surface area contributed by atoms with E-state index in [1.807, 2.05) is 40.1 Å². The summed E-state index contributed by atoms with van der Waals surface area (Å²) in [6, 6.07) is 9.30.